The fourth-order valence-electron chi connectivity index (χ4n) is 1.41. The van der Waals surface area contributed by atoms with Crippen LogP contribution in [0, 0.1) is 12.3 Å². The summed E-state index contributed by atoms with van der Waals surface area (Å²) >= 11 is 0. The molecule has 0 fully saturated rings. The first-order valence-electron chi connectivity index (χ1n) is 5.30. The van der Waals surface area contributed by atoms with E-state index in [1.807, 2.05) is 6.92 Å². The molecule has 0 spiro atoms. The van der Waals surface area contributed by atoms with Crippen LogP contribution in [-0.2, 0) is 17.9 Å². The summed E-state index contributed by atoms with van der Waals surface area (Å²) in [5, 5.41) is 20.0. The van der Waals surface area contributed by atoms with Crippen molar-refractivity contribution in [3.63, 3.8) is 0 Å². The second kappa shape index (κ2) is 6.60. The molecule has 0 bridgehead atoms. The van der Waals surface area contributed by atoms with Crippen LogP contribution in [0.1, 0.15) is 19.2 Å². The monoisotopic (exact) mass is 237 g/mol. The van der Waals surface area contributed by atoms with E-state index in [4.69, 9.17) is 11.5 Å². The quantitative estimate of drug-likeness (QED) is 0.650. The van der Waals surface area contributed by atoms with E-state index < -0.39 is 5.97 Å². The Morgan fingerprint density at radius 1 is 1.65 bits per heavy atom. The van der Waals surface area contributed by atoms with E-state index >= 15 is 0 Å². The largest absolute Gasteiger partial charge is 0.480 e. The van der Waals surface area contributed by atoms with Gasteiger partial charge in [0.25, 0.3) is 0 Å². The van der Waals surface area contributed by atoms with Crippen LogP contribution in [0.5, 0.6) is 0 Å². The molecule has 17 heavy (non-hydrogen) atoms. The van der Waals surface area contributed by atoms with Gasteiger partial charge in [0, 0.05) is 6.54 Å². The Hall–Kier alpha value is -1.94. The van der Waals surface area contributed by atoms with Crippen molar-refractivity contribution in [1.82, 2.24) is 25.1 Å². The molecule has 0 aliphatic carbocycles. The van der Waals surface area contributed by atoms with Gasteiger partial charge < -0.3 is 5.11 Å². The Balaban J connectivity index is 2.68. The second-order valence-corrected chi connectivity index (χ2v) is 3.56. The summed E-state index contributed by atoms with van der Waals surface area (Å²) in [4.78, 5) is 12.3. The molecule has 0 aliphatic rings. The zero-order valence-corrected chi connectivity index (χ0v) is 9.70. The van der Waals surface area contributed by atoms with Crippen LogP contribution < -0.4 is 0 Å². The summed E-state index contributed by atoms with van der Waals surface area (Å²) < 4.78 is 1.66. The van der Waals surface area contributed by atoms with E-state index in [0.29, 0.717) is 18.9 Å². The maximum Gasteiger partial charge on any atom is 0.317 e. The van der Waals surface area contributed by atoms with Crippen LogP contribution in [0.4, 0.5) is 0 Å². The molecule has 1 aromatic heterocycles. The van der Waals surface area contributed by atoms with E-state index in [1.54, 1.807) is 9.58 Å². The number of carboxylic acid groups (broad SMARTS) is 1. The lowest BCUT2D eigenvalue weighted by Gasteiger charge is -2.16. The number of rotatable bonds is 7. The minimum absolute atomic E-state index is 0.122. The molecule has 1 heterocycles. The fourth-order valence-corrected chi connectivity index (χ4v) is 1.41. The number of aromatic nitrogens is 4. The molecule has 0 amide bonds. The molecule has 0 unspecified atom stereocenters. The second-order valence-electron chi connectivity index (χ2n) is 3.56. The van der Waals surface area contributed by atoms with Gasteiger partial charge in [-0.1, -0.05) is 12.8 Å². The molecule has 0 saturated carbocycles. The highest BCUT2D eigenvalue weighted by Crippen LogP contribution is 2.00. The third-order valence-electron chi connectivity index (χ3n) is 2.08. The van der Waals surface area contributed by atoms with Crippen LogP contribution in [-0.4, -0.2) is 49.3 Å². The van der Waals surface area contributed by atoms with E-state index in [1.165, 1.54) is 0 Å². The van der Waals surface area contributed by atoms with Crippen LogP contribution in [0.25, 0.3) is 0 Å². The molecule has 0 radical (unpaired) electrons. The number of hydrogen-bond acceptors (Lipinski definition) is 5. The maximum atomic E-state index is 10.7. The number of aryl methyl sites for hydroxylation is 1. The molecular weight excluding hydrogens is 222 g/mol. The Labute approximate surface area is 99.4 Å². The van der Waals surface area contributed by atoms with E-state index in [2.05, 4.69) is 21.4 Å². The van der Waals surface area contributed by atoms with Crippen LogP contribution in [0.2, 0.25) is 0 Å². The lowest BCUT2D eigenvalue weighted by atomic mass is 10.4. The fraction of sp³-hybridized carbons (Fsp3) is 0.600. The zero-order valence-electron chi connectivity index (χ0n) is 9.70. The van der Waals surface area contributed by atoms with Gasteiger partial charge in [-0.3, -0.25) is 9.69 Å². The van der Waals surface area contributed by atoms with Crippen molar-refractivity contribution >= 4 is 5.97 Å². The highest BCUT2D eigenvalue weighted by molar-refractivity contribution is 5.69. The van der Waals surface area contributed by atoms with Gasteiger partial charge in [0.05, 0.1) is 19.6 Å². The number of nitrogens with zero attached hydrogens (tertiary/aromatic N) is 5. The minimum atomic E-state index is -0.922. The van der Waals surface area contributed by atoms with Gasteiger partial charge in [0.15, 0.2) is 5.82 Å². The van der Waals surface area contributed by atoms with Gasteiger partial charge in [-0.2, -0.15) is 0 Å². The van der Waals surface area contributed by atoms with E-state index in [9.17, 15) is 4.79 Å². The van der Waals surface area contributed by atoms with Gasteiger partial charge in [-0.25, -0.2) is 4.68 Å². The highest BCUT2D eigenvalue weighted by Gasteiger charge is 2.13. The summed E-state index contributed by atoms with van der Waals surface area (Å²) in [6, 6.07) is 0. The molecule has 1 N–H and O–H groups in total. The number of terminal acetylenes is 1. The first kappa shape index (κ1) is 13.1. The standard InChI is InChI=1S/C10H15N5O2/c1-3-5-14(8-10(16)17)7-9-11-12-13-15(9)6-4-2/h1H,4-8H2,2H3,(H,16,17). The average molecular weight is 237 g/mol. The molecule has 92 valence electrons. The maximum absolute atomic E-state index is 10.7. The zero-order chi connectivity index (χ0) is 12.7. The summed E-state index contributed by atoms with van der Waals surface area (Å²) in [6.07, 6.45) is 6.10. The topological polar surface area (TPSA) is 84.1 Å². The molecule has 0 aromatic carbocycles. The predicted molar refractivity (Wildman–Crippen MR) is 59.9 cm³/mol. The molecule has 0 atom stereocenters. The molecule has 1 aromatic rings. The molecule has 7 heteroatoms. The number of tetrazole rings is 1. The third-order valence-corrected chi connectivity index (χ3v) is 2.08. The molecule has 7 nitrogen and oxygen atoms in total. The lowest BCUT2D eigenvalue weighted by molar-refractivity contribution is -0.138. The van der Waals surface area contributed by atoms with E-state index in [0.717, 1.165) is 6.42 Å². The number of aliphatic carboxylic acids is 1. The Bertz CT molecular complexity index is 409. The van der Waals surface area contributed by atoms with Crippen LogP contribution in [0.3, 0.4) is 0 Å². The van der Waals surface area contributed by atoms with Gasteiger partial charge in [0.1, 0.15) is 0 Å². The summed E-state index contributed by atoms with van der Waals surface area (Å²) in [6.45, 7) is 3.19. The van der Waals surface area contributed by atoms with Crippen molar-refractivity contribution in [2.24, 2.45) is 0 Å². The van der Waals surface area contributed by atoms with Crippen LogP contribution >= 0.6 is 0 Å². The molecular formula is C10H15N5O2. The van der Waals surface area contributed by atoms with Crippen molar-refractivity contribution in [3.8, 4) is 12.3 Å². The van der Waals surface area contributed by atoms with E-state index in [-0.39, 0.29) is 13.1 Å². The SMILES string of the molecule is C#CCN(CC(=O)O)Cc1nnnn1CCC. The number of hydrogen-bond donors (Lipinski definition) is 1. The minimum Gasteiger partial charge on any atom is -0.480 e. The van der Waals surface area contributed by atoms with Gasteiger partial charge in [-0.05, 0) is 16.8 Å². The average Bonchev–Trinajstić information content (AvgIpc) is 2.66. The van der Waals surface area contributed by atoms with Crippen molar-refractivity contribution in [2.75, 3.05) is 13.1 Å². The first-order chi connectivity index (χ1) is 8.17. The third kappa shape index (κ3) is 4.20. The molecule has 1 rings (SSSR count). The Morgan fingerprint density at radius 2 is 2.41 bits per heavy atom. The van der Waals surface area contributed by atoms with Gasteiger partial charge in [0.2, 0.25) is 0 Å². The number of carboxylic acids is 1. The molecule has 0 aliphatic heterocycles. The predicted octanol–water partition coefficient (Wildman–Crippen LogP) is -0.397. The Kier molecular flexibility index (Phi) is 5.10. The highest BCUT2D eigenvalue weighted by atomic mass is 16.4. The summed E-state index contributed by atoms with van der Waals surface area (Å²) in [5.41, 5.74) is 0. The van der Waals surface area contributed by atoms with Crippen molar-refractivity contribution in [3.05, 3.63) is 5.82 Å². The first-order valence-corrected chi connectivity index (χ1v) is 5.30. The van der Waals surface area contributed by atoms with Crippen LogP contribution in [0.15, 0.2) is 0 Å². The van der Waals surface area contributed by atoms with Crippen molar-refractivity contribution in [2.45, 2.75) is 26.4 Å². The smallest absolute Gasteiger partial charge is 0.317 e. The summed E-state index contributed by atoms with van der Waals surface area (Å²) in [7, 11) is 0. The van der Waals surface area contributed by atoms with Crippen molar-refractivity contribution < 1.29 is 9.90 Å². The summed E-state index contributed by atoms with van der Waals surface area (Å²) in [5.74, 6) is 2.13. The Morgan fingerprint density at radius 3 is 3.00 bits per heavy atom. The van der Waals surface area contributed by atoms with Gasteiger partial charge >= 0.3 is 5.97 Å². The number of carbonyl (C=O) groups is 1. The van der Waals surface area contributed by atoms with Gasteiger partial charge in [-0.15, -0.1) is 11.5 Å². The normalized spacial score (nSPS) is 10.4. The van der Waals surface area contributed by atoms with Crippen molar-refractivity contribution in [1.29, 1.82) is 0 Å². The lowest BCUT2D eigenvalue weighted by Crippen LogP contribution is -2.31. The molecule has 0 saturated heterocycles.